The first-order valence-corrected chi connectivity index (χ1v) is 2.28. The second-order valence-corrected chi connectivity index (χ2v) is 0.996. The van der Waals surface area contributed by atoms with E-state index in [1.54, 1.807) is 0 Å². The van der Waals surface area contributed by atoms with Gasteiger partial charge in [0.2, 0.25) is 0 Å². The maximum Gasteiger partial charge on any atom is 0.152 e. The molecule has 0 aromatic heterocycles. The number of rotatable bonds is 2. The molecule has 0 fully saturated rings. The molecule has 0 saturated heterocycles. The van der Waals surface area contributed by atoms with Crippen molar-refractivity contribution in [3.63, 3.8) is 0 Å². The molecule has 0 amide bonds. The Kier molecular flexibility index (Phi) is 14.4. The van der Waals surface area contributed by atoms with Crippen molar-refractivity contribution in [2.24, 2.45) is 0 Å². The molecule has 0 aliphatic carbocycles. The quantitative estimate of drug-likeness (QED) is 0.540. The van der Waals surface area contributed by atoms with Gasteiger partial charge in [-0.25, -0.2) is 0 Å². The largest absolute Gasteiger partial charge is 0.352 e. The first-order chi connectivity index (χ1) is 2.41. The summed E-state index contributed by atoms with van der Waals surface area (Å²) in [5.41, 5.74) is 0. The van der Waals surface area contributed by atoms with Crippen molar-refractivity contribution in [2.75, 3.05) is 6.61 Å². The molecule has 3 heteroatoms. The molecular formula is C3H11O2P. The standard InChI is InChI=1S/C2H7O2P.CH4/c1-2-4-5-3;/h3,5H,2H2,1H3;1H4. The Hall–Kier alpha value is 0.350. The van der Waals surface area contributed by atoms with Crippen LogP contribution in [0.2, 0.25) is 0 Å². The van der Waals surface area contributed by atoms with Crippen LogP contribution in [0, 0.1) is 0 Å². The third-order valence-electron chi connectivity index (χ3n) is 0.209. The van der Waals surface area contributed by atoms with Crippen LogP contribution < -0.4 is 0 Å². The third kappa shape index (κ3) is 8.84. The molecule has 40 valence electrons. The molecule has 0 aliphatic rings. The zero-order chi connectivity index (χ0) is 4.12. The summed E-state index contributed by atoms with van der Waals surface area (Å²) in [7, 11) is -0.342. The van der Waals surface area contributed by atoms with Gasteiger partial charge in [0.05, 0.1) is 6.61 Å². The summed E-state index contributed by atoms with van der Waals surface area (Å²) in [4.78, 5) is 7.87. The van der Waals surface area contributed by atoms with Crippen molar-refractivity contribution in [1.29, 1.82) is 0 Å². The van der Waals surface area contributed by atoms with Crippen LogP contribution in [0.3, 0.4) is 0 Å². The summed E-state index contributed by atoms with van der Waals surface area (Å²) < 4.78 is 4.42. The molecule has 0 aromatic rings. The summed E-state index contributed by atoms with van der Waals surface area (Å²) in [5, 5.41) is 0. The molecule has 0 saturated carbocycles. The molecule has 0 spiro atoms. The van der Waals surface area contributed by atoms with Gasteiger partial charge >= 0.3 is 0 Å². The zero-order valence-electron chi connectivity index (χ0n) is 3.06. The molecule has 0 aliphatic heterocycles. The number of hydrogen-bond acceptors (Lipinski definition) is 2. The molecule has 0 radical (unpaired) electrons. The van der Waals surface area contributed by atoms with Crippen molar-refractivity contribution in [2.45, 2.75) is 14.4 Å². The number of hydrogen-bond donors (Lipinski definition) is 1. The predicted octanol–water partition coefficient (Wildman–Crippen LogP) is 1.16. The normalized spacial score (nSPS) is 9.00. The van der Waals surface area contributed by atoms with Gasteiger partial charge in [-0.05, 0) is 6.92 Å². The van der Waals surface area contributed by atoms with Gasteiger partial charge in [0.25, 0.3) is 0 Å². The molecule has 1 N–H and O–H groups in total. The van der Waals surface area contributed by atoms with Gasteiger partial charge in [-0.15, -0.1) is 0 Å². The second kappa shape index (κ2) is 9.02. The molecule has 0 bridgehead atoms. The van der Waals surface area contributed by atoms with E-state index in [9.17, 15) is 0 Å². The lowest BCUT2D eigenvalue weighted by Crippen LogP contribution is -1.68. The smallest absolute Gasteiger partial charge is 0.152 e. The highest BCUT2D eigenvalue weighted by molar-refractivity contribution is 7.24. The van der Waals surface area contributed by atoms with E-state index in [-0.39, 0.29) is 16.5 Å². The Morgan fingerprint density at radius 1 is 1.83 bits per heavy atom. The van der Waals surface area contributed by atoms with Gasteiger partial charge in [0.1, 0.15) is 0 Å². The average molecular weight is 110 g/mol. The first kappa shape index (κ1) is 9.61. The fourth-order valence-corrected chi connectivity index (χ4v) is 0.194. The van der Waals surface area contributed by atoms with Crippen molar-refractivity contribution >= 4 is 9.03 Å². The molecular weight excluding hydrogens is 99.0 g/mol. The van der Waals surface area contributed by atoms with Gasteiger partial charge in [0.15, 0.2) is 9.03 Å². The molecule has 2 nitrogen and oxygen atoms in total. The zero-order valence-corrected chi connectivity index (χ0v) is 4.06. The fraction of sp³-hybridized carbons (Fsp3) is 1.00. The Labute approximate surface area is 40.5 Å². The van der Waals surface area contributed by atoms with E-state index in [2.05, 4.69) is 4.52 Å². The van der Waals surface area contributed by atoms with E-state index in [0.717, 1.165) is 0 Å². The topological polar surface area (TPSA) is 29.5 Å². The van der Waals surface area contributed by atoms with Gasteiger partial charge < -0.3 is 9.42 Å². The van der Waals surface area contributed by atoms with Crippen molar-refractivity contribution in [1.82, 2.24) is 0 Å². The maximum absolute atomic E-state index is 7.87. The van der Waals surface area contributed by atoms with E-state index in [1.165, 1.54) is 0 Å². The van der Waals surface area contributed by atoms with Gasteiger partial charge in [-0.3, -0.25) is 0 Å². The lowest BCUT2D eigenvalue weighted by atomic mass is 10.9. The summed E-state index contributed by atoms with van der Waals surface area (Å²) in [6.07, 6.45) is 0. The first-order valence-electron chi connectivity index (χ1n) is 1.42. The molecule has 1 atom stereocenters. The molecule has 0 rings (SSSR count). The predicted molar refractivity (Wildman–Crippen MR) is 28.9 cm³/mol. The van der Waals surface area contributed by atoms with Gasteiger partial charge in [0, 0.05) is 0 Å². The minimum atomic E-state index is -0.342. The minimum Gasteiger partial charge on any atom is -0.352 e. The summed E-state index contributed by atoms with van der Waals surface area (Å²) in [6.45, 7) is 2.44. The molecule has 1 unspecified atom stereocenters. The monoisotopic (exact) mass is 110 g/mol. The Balaban J connectivity index is 0. The van der Waals surface area contributed by atoms with E-state index >= 15 is 0 Å². The van der Waals surface area contributed by atoms with Gasteiger partial charge in [-0.1, -0.05) is 7.43 Å². The van der Waals surface area contributed by atoms with E-state index in [4.69, 9.17) is 4.89 Å². The minimum absolute atomic E-state index is 0. The van der Waals surface area contributed by atoms with Crippen LogP contribution in [-0.4, -0.2) is 11.5 Å². The van der Waals surface area contributed by atoms with Crippen LogP contribution in [0.25, 0.3) is 0 Å². The van der Waals surface area contributed by atoms with E-state index < -0.39 is 0 Å². The van der Waals surface area contributed by atoms with E-state index in [0.29, 0.717) is 6.61 Å². The summed E-state index contributed by atoms with van der Waals surface area (Å²) >= 11 is 0. The molecule has 0 heterocycles. The SMILES string of the molecule is C.CCOPO. The molecule has 0 aromatic carbocycles. The van der Waals surface area contributed by atoms with Crippen molar-refractivity contribution in [3.8, 4) is 0 Å². The van der Waals surface area contributed by atoms with Gasteiger partial charge in [-0.2, -0.15) is 0 Å². The van der Waals surface area contributed by atoms with Crippen LogP contribution in [0.5, 0.6) is 0 Å². The Morgan fingerprint density at radius 3 is 2.33 bits per heavy atom. The van der Waals surface area contributed by atoms with E-state index in [1.807, 2.05) is 6.92 Å². The highest BCUT2D eigenvalue weighted by Gasteiger charge is 1.65. The molecule has 6 heavy (non-hydrogen) atoms. The van der Waals surface area contributed by atoms with Crippen LogP contribution in [0.1, 0.15) is 14.4 Å². The summed E-state index contributed by atoms with van der Waals surface area (Å²) in [6, 6.07) is 0. The van der Waals surface area contributed by atoms with Crippen molar-refractivity contribution < 1.29 is 9.42 Å². The Bertz CT molecular complexity index is 16.3. The highest BCUT2D eigenvalue weighted by atomic mass is 31.1. The lowest BCUT2D eigenvalue weighted by Gasteiger charge is -1.84. The van der Waals surface area contributed by atoms with Crippen LogP contribution in [-0.2, 0) is 4.52 Å². The van der Waals surface area contributed by atoms with Crippen LogP contribution in [0.4, 0.5) is 0 Å². The Morgan fingerprint density at radius 2 is 2.33 bits per heavy atom. The maximum atomic E-state index is 7.87. The highest BCUT2D eigenvalue weighted by Crippen LogP contribution is 1.99. The van der Waals surface area contributed by atoms with Crippen molar-refractivity contribution in [3.05, 3.63) is 0 Å². The summed E-state index contributed by atoms with van der Waals surface area (Å²) in [5.74, 6) is 0. The third-order valence-corrected chi connectivity index (χ3v) is 0.627. The second-order valence-electron chi connectivity index (χ2n) is 0.524. The fourth-order valence-electron chi connectivity index (χ4n) is 0.0645. The van der Waals surface area contributed by atoms with Crippen LogP contribution >= 0.6 is 9.03 Å². The average Bonchev–Trinajstić information content (AvgIpc) is 1.41. The lowest BCUT2D eigenvalue weighted by molar-refractivity contribution is 0.348. The van der Waals surface area contributed by atoms with Crippen LogP contribution in [0.15, 0.2) is 0 Å².